The first-order valence-electron chi connectivity index (χ1n) is 8.04. The van der Waals surface area contributed by atoms with Crippen molar-refractivity contribution in [2.75, 3.05) is 45.1 Å². The number of hydrogen-bond acceptors (Lipinski definition) is 6. The van der Waals surface area contributed by atoms with E-state index in [0.717, 1.165) is 54.5 Å². The molecule has 1 aliphatic rings. The summed E-state index contributed by atoms with van der Waals surface area (Å²) in [5.41, 5.74) is 0. The topological polar surface area (TPSA) is 61.4 Å². The van der Waals surface area contributed by atoms with Gasteiger partial charge in [-0.1, -0.05) is 6.92 Å². The highest BCUT2D eigenvalue weighted by atomic mass is 32.1. The molecule has 0 aromatic carbocycles. The van der Waals surface area contributed by atoms with Crippen LogP contribution >= 0.6 is 11.3 Å². The molecule has 6 nitrogen and oxygen atoms in total. The van der Waals surface area contributed by atoms with Crippen molar-refractivity contribution >= 4 is 33.3 Å². The van der Waals surface area contributed by atoms with Crippen molar-refractivity contribution < 1.29 is 4.79 Å². The van der Waals surface area contributed by atoms with Crippen LogP contribution in [0.25, 0.3) is 10.2 Å². The van der Waals surface area contributed by atoms with Crippen molar-refractivity contribution in [2.45, 2.75) is 20.3 Å². The molecule has 124 valence electrons. The Balaban J connectivity index is 1.71. The summed E-state index contributed by atoms with van der Waals surface area (Å²) in [5.74, 6) is 1.64. The van der Waals surface area contributed by atoms with Crippen molar-refractivity contribution in [3.05, 3.63) is 16.8 Å². The largest absolute Gasteiger partial charge is 0.360 e. The number of piperazine rings is 1. The van der Waals surface area contributed by atoms with Crippen LogP contribution in [0.2, 0.25) is 0 Å². The van der Waals surface area contributed by atoms with Crippen LogP contribution in [0.3, 0.4) is 0 Å². The standard InChI is InChI=1S/C16H23N5OS/c1-4-12-9-13-15(18-11(2)19-16(13)23-12)17-10-14(22)21-7-5-20(3)6-8-21/h9H,4-8,10H2,1-3H3,(H,17,18,19). The highest BCUT2D eigenvalue weighted by molar-refractivity contribution is 7.18. The van der Waals surface area contributed by atoms with Gasteiger partial charge in [0.25, 0.3) is 0 Å². The Morgan fingerprint density at radius 1 is 1.30 bits per heavy atom. The van der Waals surface area contributed by atoms with Crippen LogP contribution in [0.4, 0.5) is 5.82 Å². The molecule has 1 amide bonds. The predicted octanol–water partition coefficient (Wildman–Crippen LogP) is 1.75. The summed E-state index contributed by atoms with van der Waals surface area (Å²) in [6.07, 6.45) is 0.986. The summed E-state index contributed by atoms with van der Waals surface area (Å²) in [5, 5.41) is 4.24. The second-order valence-corrected chi connectivity index (χ2v) is 7.06. The minimum Gasteiger partial charge on any atom is -0.360 e. The van der Waals surface area contributed by atoms with E-state index in [1.54, 1.807) is 11.3 Å². The summed E-state index contributed by atoms with van der Waals surface area (Å²) in [6, 6.07) is 2.13. The van der Waals surface area contributed by atoms with Gasteiger partial charge in [-0.3, -0.25) is 4.79 Å². The molecule has 2 aromatic heterocycles. The van der Waals surface area contributed by atoms with E-state index in [-0.39, 0.29) is 12.5 Å². The van der Waals surface area contributed by atoms with Gasteiger partial charge in [0.2, 0.25) is 5.91 Å². The number of nitrogens with one attached hydrogen (secondary N) is 1. The molecule has 1 N–H and O–H groups in total. The lowest BCUT2D eigenvalue weighted by molar-refractivity contribution is -0.130. The first-order chi connectivity index (χ1) is 11.1. The van der Waals surface area contributed by atoms with Crippen LogP contribution in [0.1, 0.15) is 17.6 Å². The number of carbonyl (C=O) groups excluding carboxylic acids is 1. The van der Waals surface area contributed by atoms with Gasteiger partial charge in [0.1, 0.15) is 16.5 Å². The smallest absolute Gasteiger partial charge is 0.242 e. The van der Waals surface area contributed by atoms with Crippen molar-refractivity contribution in [1.82, 2.24) is 19.8 Å². The number of aryl methyl sites for hydroxylation is 2. The maximum Gasteiger partial charge on any atom is 0.242 e. The minimum atomic E-state index is 0.133. The van der Waals surface area contributed by atoms with E-state index in [0.29, 0.717) is 0 Å². The molecule has 1 saturated heterocycles. The highest BCUT2D eigenvalue weighted by Crippen LogP contribution is 2.29. The van der Waals surface area contributed by atoms with Gasteiger partial charge in [0.05, 0.1) is 11.9 Å². The number of carbonyl (C=O) groups is 1. The van der Waals surface area contributed by atoms with Crippen LogP contribution < -0.4 is 5.32 Å². The molecule has 0 saturated carbocycles. The molecule has 3 rings (SSSR count). The van der Waals surface area contributed by atoms with Gasteiger partial charge < -0.3 is 15.1 Å². The molecule has 0 aliphatic carbocycles. The van der Waals surface area contributed by atoms with Gasteiger partial charge in [-0.15, -0.1) is 11.3 Å². The first-order valence-corrected chi connectivity index (χ1v) is 8.85. The van der Waals surface area contributed by atoms with E-state index >= 15 is 0 Å². The third kappa shape index (κ3) is 3.61. The van der Waals surface area contributed by atoms with E-state index in [1.165, 1.54) is 4.88 Å². The quantitative estimate of drug-likeness (QED) is 0.924. The van der Waals surface area contributed by atoms with Crippen LogP contribution in [0.15, 0.2) is 6.07 Å². The Morgan fingerprint density at radius 2 is 2.04 bits per heavy atom. The van der Waals surface area contributed by atoms with Gasteiger partial charge in [-0.25, -0.2) is 9.97 Å². The second-order valence-electron chi connectivity index (χ2n) is 5.94. The molecule has 0 atom stereocenters. The lowest BCUT2D eigenvalue weighted by atomic mass is 10.3. The number of hydrogen-bond donors (Lipinski definition) is 1. The van der Waals surface area contributed by atoms with Gasteiger partial charge >= 0.3 is 0 Å². The van der Waals surface area contributed by atoms with Crippen LogP contribution in [-0.4, -0.2) is 65.4 Å². The molecule has 1 aliphatic heterocycles. The molecule has 23 heavy (non-hydrogen) atoms. The predicted molar refractivity (Wildman–Crippen MR) is 94.1 cm³/mol. The maximum absolute atomic E-state index is 12.4. The molecule has 2 aromatic rings. The van der Waals surface area contributed by atoms with Gasteiger partial charge in [-0.05, 0) is 26.5 Å². The zero-order valence-electron chi connectivity index (χ0n) is 13.9. The Hall–Kier alpha value is -1.73. The normalized spacial score (nSPS) is 16.0. The molecule has 0 unspecified atom stereocenters. The number of aromatic nitrogens is 2. The van der Waals surface area contributed by atoms with Crippen LogP contribution in [-0.2, 0) is 11.2 Å². The Kier molecular flexibility index (Phi) is 4.77. The molecule has 0 spiro atoms. The van der Waals surface area contributed by atoms with E-state index in [2.05, 4.69) is 40.2 Å². The number of nitrogens with zero attached hydrogens (tertiary/aromatic N) is 4. The third-order valence-electron chi connectivity index (χ3n) is 4.17. The van der Waals surface area contributed by atoms with Gasteiger partial charge in [-0.2, -0.15) is 0 Å². The average Bonchev–Trinajstić information content (AvgIpc) is 2.96. The van der Waals surface area contributed by atoms with Crippen molar-refractivity contribution in [3.8, 4) is 0 Å². The van der Waals surface area contributed by atoms with Crippen molar-refractivity contribution in [2.24, 2.45) is 0 Å². The Labute approximate surface area is 140 Å². The van der Waals surface area contributed by atoms with E-state index in [1.807, 2.05) is 11.8 Å². The van der Waals surface area contributed by atoms with Crippen LogP contribution in [0.5, 0.6) is 0 Å². The van der Waals surface area contributed by atoms with Crippen molar-refractivity contribution in [3.63, 3.8) is 0 Å². The number of thiophene rings is 1. The van der Waals surface area contributed by atoms with Crippen LogP contribution in [0, 0.1) is 6.92 Å². The number of fused-ring (bicyclic) bond motifs is 1. The Morgan fingerprint density at radius 3 is 2.74 bits per heavy atom. The fourth-order valence-electron chi connectivity index (χ4n) is 2.71. The van der Waals surface area contributed by atoms with E-state index < -0.39 is 0 Å². The zero-order valence-corrected chi connectivity index (χ0v) is 14.7. The summed E-state index contributed by atoms with van der Waals surface area (Å²) >= 11 is 1.70. The zero-order chi connectivity index (χ0) is 16.4. The summed E-state index contributed by atoms with van der Waals surface area (Å²) in [7, 11) is 2.09. The number of amides is 1. The van der Waals surface area contributed by atoms with Gasteiger partial charge in [0.15, 0.2) is 0 Å². The molecule has 1 fully saturated rings. The SMILES string of the molecule is CCc1cc2c(NCC(=O)N3CCN(C)CC3)nc(C)nc2s1. The summed E-state index contributed by atoms with van der Waals surface area (Å²) in [4.78, 5) is 27.8. The van der Waals surface area contributed by atoms with E-state index in [4.69, 9.17) is 0 Å². The molecule has 0 radical (unpaired) electrons. The Bertz CT molecular complexity index is 706. The summed E-state index contributed by atoms with van der Waals surface area (Å²) in [6.45, 7) is 7.78. The van der Waals surface area contributed by atoms with E-state index in [9.17, 15) is 4.79 Å². The monoisotopic (exact) mass is 333 g/mol. The lowest BCUT2D eigenvalue weighted by Gasteiger charge is -2.32. The number of likely N-dealkylation sites (N-methyl/N-ethyl adjacent to an activating group) is 1. The fraction of sp³-hybridized carbons (Fsp3) is 0.562. The maximum atomic E-state index is 12.4. The summed E-state index contributed by atoms with van der Waals surface area (Å²) < 4.78 is 0. The number of anilines is 1. The fourth-order valence-corrected chi connectivity index (χ4v) is 3.73. The third-order valence-corrected chi connectivity index (χ3v) is 5.34. The second kappa shape index (κ2) is 6.80. The molecular weight excluding hydrogens is 310 g/mol. The molecule has 7 heteroatoms. The number of rotatable bonds is 4. The highest BCUT2D eigenvalue weighted by Gasteiger charge is 2.19. The lowest BCUT2D eigenvalue weighted by Crippen LogP contribution is -2.48. The van der Waals surface area contributed by atoms with Gasteiger partial charge in [0, 0.05) is 31.1 Å². The average molecular weight is 333 g/mol. The molecule has 0 bridgehead atoms. The van der Waals surface area contributed by atoms with Crippen molar-refractivity contribution in [1.29, 1.82) is 0 Å². The first kappa shape index (κ1) is 16.1. The molecular formula is C16H23N5OS. The molecule has 3 heterocycles. The minimum absolute atomic E-state index is 0.133.